The first kappa shape index (κ1) is 18.6. The molecule has 2 amide bonds. The maximum atomic E-state index is 12.5. The van der Waals surface area contributed by atoms with Gasteiger partial charge in [-0.1, -0.05) is 11.6 Å². The molecule has 0 unspecified atom stereocenters. The van der Waals surface area contributed by atoms with Crippen molar-refractivity contribution in [1.82, 2.24) is 14.8 Å². The molecule has 8 heteroatoms. The maximum Gasteiger partial charge on any atom is 0.321 e. The van der Waals surface area contributed by atoms with Gasteiger partial charge in [-0.05, 0) is 42.5 Å². The molecular formula is C20H21ClN4O3. The lowest BCUT2D eigenvalue weighted by Gasteiger charge is -2.34. The van der Waals surface area contributed by atoms with Crippen molar-refractivity contribution in [2.24, 2.45) is 0 Å². The van der Waals surface area contributed by atoms with Crippen LogP contribution in [0.25, 0.3) is 11.1 Å². The summed E-state index contributed by atoms with van der Waals surface area (Å²) < 4.78 is 10.9. The third kappa shape index (κ3) is 4.21. The number of halogens is 1. The Hall–Kier alpha value is -2.77. The van der Waals surface area contributed by atoms with Crippen LogP contribution < -0.4 is 10.1 Å². The number of nitrogens with zero attached hydrogens (tertiary/aromatic N) is 3. The summed E-state index contributed by atoms with van der Waals surface area (Å²) in [5, 5.41) is 3.56. The Balaban J connectivity index is 1.30. The Morgan fingerprint density at radius 3 is 2.64 bits per heavy atom. The summed E-state index contributed by atoms with van der Waals surface area (Å²) >= 11 is 6.00. The van der Waals surface area contributed by atoms with Crippen LogP contribution >= 0.6 is 11.6 Å². The number of nitrogens with one attached hydrogen (secondary N) is 1. The molecule has 0 aliphatic carbocycles. The number of hydrogen-bond acceptors (Lipinski definition) is 5. The average molecular weight is 401 g/mol. The number of carbonyl (C=O) groups excluding carboxylic acids is 1. The van der Waals surface area contributed by atoms with E-state index in [1.165, 1.54) is 0 Å². The summed E-state index contributed by atoms with van der Waals surface area (Å²) in [6.45, 7) is 3.42. The zero-order valence-electron chi connectivity index (χ0n) is 15.5. The van der Waals surface area contributed by atoms with Crippen molar-refractivity contribution in [3.63, 3.8) is 0 Å². The van der Waals surface area contributed by atoms with E-state index < -0.39 is 0 Å². The number of benzene rings is 2. The van der Waals surface area contributed by atoms with E-state index in [1.54, 1.807) is 19.2 Å². The van der Waals surface area contributed by atoms with Gasteiger partial charge in [0.15, 0.2) is 5.58 Å². The van der Waals surface area contributed by atoms with Crippen LogP contribution in [0.5, 0.6) is 5.75 Å². The van der Waals surface area contributed by atoms with Gasteiger partial charge in [0.1, 0.15) is 11.3 Å². The highest BCUT2D eigenvalue weighted by molar-refractivity contribution is 6.31. The number of anilines is 1. The van der Waals surface area contributed by atoms with Gasteiger partial charge >= 0.3 is 6.03 Å². The molecule has 1 aliphatic rings. The summed E-state index contributed by atoms with van der Waals surface area (Å²) in [7, 11) is 1.61. The average Bonchev–Trinajstić information content (AvgIpc) is 3.10. The van der Waals surface area contributed by atoms with Crippen LogP contribution in [0.3, 0.4) is 0 Å². The highest BCUT2D eigenvalue weighted by Crippen LogP contribution is 2.21. The SMILES string of the molecule is COc1ccc(NC(=O)N2CCN(Cc3nc4cc(Cl)ccc4o3)CC2)cc1. The fourth-order valence-corrected chi connectivity index (χ4v) is 3.36. The fraction of sp³-hybridized carbons (Fsp3) is 0.300. The van der Waals surface area contributed by atoms with Gasteiger partial charge in [-0.2, -0.15) is 0 Å². The largest absolute Gasteiger partial charge is 0.497 e. The van der Waals surface area contributed by atoms with Gasteiger partial charge < -0.3 is 19.4 Å². The quantitative estimate of drug-likeness (QED) is 0.720. The molecule has 146 valence electrons. The first-order chi connectivity index (χ1) is 13.6. The van der Waals surface area contributed by atoms with E-state index in [0.29, 0.717) is 30.5 Å². The van der Waals surface area contributed by atoms with E-state index in [-0.39, 0.29) is 6.03 Å². The molecule has 2 aromatic carbocycles. The second-order valence-electron chi connectivity index (χ2n) is 6.64. The minimum atomic E-state index is -0.0960. The molecule has 0 radical (unpaired) electrons. The van der Waals surface area contributed by atoms with E-state index in [4.69, 9.17) is 20.8 Å². The van der Waals surface area contributed by atoms with Gasteiger partial charge in [0.2, 0.25) is 5.89 Å². The Morgan fingerprint density at radius 1 is 1.18 bits per heavy atom. The lowest BCUT2D eigenvalue weighted by atomic mass is 10.3. The Labute approximate surface area is 167 Å². The van der Waals surface area contributed by atoms with Crippen molar-refractivity contribution >= 4 is 34.4 Å². The zero-order chi connectivity index (χ0) is 19.5. The van der Waals surface area contributed by atoms with E-state index in [9.17, 15) is 4.79 Å². The van der Waals surface area contributed by atoms with Gasteiger partial charge in [0.05, 0.1) is 13.7 Å². The third-order valence-electron chi connectivity index (χ3n) is 4.75. The number of aromatic nitrogens is 1. The maximum absolute atomic E-state index is 12.5. The zero-order valence-corrected chi connectivity index (χ0v) is 16.3. The number of rotatable bonds is 4. The normalized spacial score (nSPS) is 15.0. The number of oxazole rings is 1. The van der Waals surface area contributed by atoms with Crippen molar-refractivity contribution in [2.45, 2.75) is 6.54 Å². The molecule has 4 rings (SSSR count). The van der Waals surface area contributed by atoms with Gasteiger partial charge in [-0.25, -0.2) is 9.78 Å². The second-order valence-corrected chi connectivity index (χ2v) is 7.08. The van der Waals surface area contributed by atoms with Crippen LogP contribution in [0, 0.1) is 0 Å². The van der Waals surface area contributed by atoms with Crippen LogP contribution in [0.15, 0.2) is 46.9 Å². The smallest absolute Gasteiger partial charge is 0.321 e. The number of piperazine rings is 1. The van der Waals surface area contributed by atoms with Crippen LogP contribution in [-0.2, 0) is 6.54 Å². The van der Waals surface area contributed by atoms with Crippen molar-refractivity contribution in [2.75, 3.05) is 38.6 Å². The van der Waals surface area contributed by atoms with Crippen molar-refractivity contribution < 1.29 is 13.9 Å². The van der Waals surface area contributed by atoms with Crippen LogP contribution in [0.2, 0.25) is 5.02 Å². The molecule has 0 atom stereocenters. The highest BCUT2D eigenvalue weighted by Gasteiger charge is 2.22. The predicted molar refractivity (Wildman–Crippen MR) is 108 cm³/mol. The summed E-state index contributed by atoms with van der Waals surface area (Å²) in [5.41, 5.74) is 2.25. The molecule has 7 nitrogen and oxygen atoms in total. The molecule has 0 spiro atoms. The molecular weight excluding hydrogens is 380 g/mol. The number of fused-ring (bicyclic) bond motifs is 1. The fourth-order valence-electron chi connectivity index (χ4n) is 3.19. The lowest BCUT2D eigenvalue weighted by molar-refractivity contribution is 0.136. The first-order valence-corrected chi connectivity index (χ1v) is 9.46. The minimum absolute atomic E-state index is 0.0960. The Kier molecular flexibility index (Phi) is 5.36. The number of carbonyl (C=O) groups is 1. The molecule has 3 aromatic rings. The molecule has 1 aliphatic heterocycles. The number of methoxy groups -OCH3 is 1. The van der Waals surface area contributed by atoms with Gasteiger partial charge in [0.25, 0.3) is 0 Å². The van der Waals surface area contributed by atoms with Gasteiger partial charge in [0, 0.05) is 36.9 Å². The summed E-state index contributed by atoms with van der Waals surface area (Å²) in [4.78, 5) is 21.0. The molecule has 0 saturated carbocycles. The molecule has 1 fully saturated rings. The standard InChI is InChI=1S/C20H21ClN4O3/c1-27-16-5-3-15(4-6-16)22-20(26)25-10-8-24(9-11-25)13-19-23-17-12-14(21)2-7-18(17)28-19/h2-7,12H,8-11,13H2,1H3,(H,22,26). The van der Waals surface area contributed by atoms with Crippen molar-refractivity contribution in [3.05, 3.63) is 53.4 Å². The molecule has 1 aromatic heterocycles. The third-order valence-corrected chi connectivity index (χ3v) is 4.99. The van der Waals surface area contributed by atoms with Crippen LogP contribution in [0.4, 0.5) is 10.5 Å². The highest BCUT2D eigenvalue weighted by atomic mass is 35.5. The lowest BCUT2D eigenvalue weighted by Crippen LogP contribution is -2.49. The topological polar surface area (TPSA) is 70.8 Å². The Bertz CT molecular complexity index is 965. The van der Waals surface area contributed by atoms with Crippen molar-refractivity contribution in [1.29, 1.82) is 0 Å². The van der Waals surface area contributed by atoms with Gasteiger partial charge in [-0.15, -0.1) is 0 Å². The van der Waals surface area contributed by atoms with E-state index in [0.717, 1.165) is 35.6 Å². The second kappa shape index (κ2) is 8.08. The Morgan fingerprint density at radius 2 is 1.93 bits per heavy atom. The van der Waals surface area contributed by atoms with E-state index in [2.05, 4.69) is 15.2 Å². The number of hydrogen-bond donors (Lipinski definition) is 1. The number of ether oxygens (including phenoxy) is 1. The van der Waals surface area contributed by atoms with E-state index >= 15 is 0 Å². The molecule has 1 N–H and O–H groups in total. The predicted octanol–water partition coefficient (Wildman–Crippen LogP) is 3.84. The van der Waals surface area contributed by atoms with Gasteiger partial charge in [-0.3, -0.25) is 4.90 Å². The molecule has 0 bridgehead atoms. The summed E-state index contributed by atoms with van der Waals surface area (Å²) in [6.07, 6.45) is 0. The van der Waals surface area contributed by atoms with Crippen molar-refractivity contribution in [3.8, 4) is 5.75 Å². The number of amides is 2. The summed E-state index contributed by atoms with van der Waals surface area (Å²) in [5.74, 6) is 1.42. The van der Waals surface area contributed by atoms with Crippen LogP contribution in [-0.4, -0.2) is 54.1 Å². The number of urea groups is 1. The summed E-state index contributed by atoms with van der Waals surface area (Å²) in [6, 6.07) is 12.6. The van der Waals surface area contributed by atoms with E-state index in [1.807, 2.05) is 35.2 Å². The molecule has 28 heavy (non-hydrogen) atoms. The first-order valence-electron chi connectivity index (χ1n) is 9.08. The van der Waals surface area contributed by atoms with Crippen LogP contribution in [0.1, 0.15) is 5.89 Å². The minimum Gasteiger partial charge on any atom is -0.497 e. The monoisotopic (exact) mass is 400 g/mol. The molecule has 2 heterocycles. The molecule has 1 saturated heterocycles.